The molecule has 0 saturated carbocycles. The Hall–Kier alpha value is -1.94. The van der Waals surface area contributed by atoms with E-state index in [4.69, 9.17) is 4.74 Å². The van der Waals surface area contributed by atoms with E-state index in [2.05, 4.69) is 15.9 Å². The van der Waals surface area contributed by atoms with E-state index in [1.165, 1.54) is 6.07 Å². The third-order valence-corrected chi connectivity index (χ3v) is 3.70. The van der Waals surface area contributed by atoms with Crippen molar-refractivity contribution in [2.75, 3.05) is 6.61 Å². The lowest BCUT2D eigenvalue weighted by Crippen LogP contribution is -2.18. The minimum Gasteiger partial charge on any atom is -0.488 e. The Morgan fingerprint density at radius 1 is 1.20 bits per heavy atom. The molecular formula is C16H10BrFO2. The van der Waals surface area contributed by atoms with Crippen molar-refractivity contribution < 1.29 is 13.9 Å². The number of ketones is 1. The number of benzene rings is 2. The standard InChI is InChI=1S/C16H10BrFO2/c17-13-8-10(5-6-14(13)18)7-11-9-20-15-4-2-1-3-12(15)16(11)19/h1-8H,9H2. The van der Waals surface area contributed by atoms with Gasteiger partial charge in [-0.15, -0.1) is 0 Å². The van der Waals surface area contributed by atoms with E-state index in [9.17, 15) is 9.18 Å². The van der Waals surface area contributed by atoms with E-state index in [1.807, 2.05) is 6.07 Å². The van der Waals surface area contributed by atoms with Gasteiger partial charge in [0, 0.05) is 5.57 Å². The van der Waals surface area contributed by atoms with Gasteiger partial charge in [-0.1, -0.05) is 18.2 Å². The topological polar surface area (TPSA) is 26.3 Å². The smallest absolute Gasteiger partial charge is 0.196 e. The molecule has 0 radical (unpaired) electrons. The highest BCUT2D eigenvalue weighted by atomic mass is 79.9. The molecule has 0 saturated heterocycles. The number of carbonyl (C=O) groups excluding carboxylic acids is 1. The van der Waals surface area contributed by atoms with Crippen molar-refractivity contribution in [2.45, 2.75) is 0 Å². The Kier molecular flexibility index (Phi) is 3.40. The summed E-state index contributed by atoms with van der Waals surface area (Å²) in [4.78, 5) is 12.3. The molecule has 0 aliphatic carbocycles. The average Bonchev–Trinajstić information content (AvgIpc) is 2.46. The van der Waals surface area contributed by atoms with Crippen LogP contribution in [-0.2, 0) is 0 Å². The Bertz CT molecular complexity index is 722. The number of rotatable bonds is 1. The van der Waals surface area contributed by atoms with Gasteiger partial charge < -0.3 is 4.74 Å². The van der Waals surface area contributed by atoms with Gasteiger partial charge >= 0.3 is 0 Å². The maximum Gasteiger partial charge on any atom is 0.196 e. The molecule has 2 nitrogen and oxygen atoms in total. The second-order valence-corrected chi connectivity index (χ2v) is 5.31. The zero-order valence-corrected chi connectivity index (χ0v) is 12.0. The summed E-state index contributed by atoms with van der Waals surface area (Å²) in [5.41, 5.74) is 1.87. The molecule has 3 rings (SSSR count). The summed E-state index contributed by atoms with van der Waals surface area (Å²) in [5.74, 6) is 0.228. The van der Waals surface area contributed by atoms with Crippen molar-refractivity contribution >= 4 is 27.8 Å². The van der Waals surface area contributed by atoms with Gasteiger partial charge in [0.05, 0.1) is 10.0 Å². The van der Waals surface area contributed by atoms with Crippen molar-refractivity contribution in [3.63, 3.8) is 0 Å². The van der Waals surface area contributed by atoms with Crippen molar-refractivity contribution in [1.29, 1.82) is 0 Å². The van der Waals surface area contributed by atoms with Crippen LogP contribution in [0.25, 0.3) is 6.08 Å². The Morgan fingerprint density at radius 3 is 2.80 bits per heavy atom. The Balaban J connectivity index is 1.97. The number of carbonyl (C=O) groups is 1. The van der Waals surface area contributed by atoms with Crippen LogP contribution in [0.2, 0.25) is 0 Å². The fourth-order valence-corrected chi connectivity index (χ4v) is 2.48. The van der Waals surface area contributed by atoms with Gasteiger partial charge in [-0.25, -0.2) is 4.39 Å². The van der Waals surface area contributed by atoms with Crippen molar-refractivity contribution in [2.24, 2.45) is 0 Å². The lowest BCUT2D eigenvalue weighted by atomic mass is 9.98. The van der Waals surface area contributed by atoms with Crippen molar-refractivity contribution in [3.05, 3.63) is 69.5 Å². The van der Waals surface area contributed by atoms with Crippen LogP contribution in [0.1, 0.15) is 15.9 Å². The molecule has 1 heterocycles. The summed E-state index contributed by atoms with van der Waals surface area (Å²) in [5, 5.41) is 0. The van der Waals surface area contributed by atoms with E-state index >= 15 is 0 Å². The molecule has 0 bridgehead atoms. The molecule has 4 heteroatoms. The van der Waals surface area contributed by atoms with Gasteiger partial charge in [-0.05, 0) is 51.8 Å². The summed E-state index contributed by atoms with van der Waals surface area (Å²) in [6, 6.07) is 11.8. The van der Waals surface area contributed by atoms with Gasteiger partial charge in [0.2, 0.25) is 0 Å². The summed E-state index contributed by atoms with van der Waals surface area (Å²) >= 11 is 3.13. The predicted octanol–water partition coefficient (Wildman–Crippen LogP) is 4.25. The molecule has 0 atom stereocenters. The summed E-state index contributed by atoms with van der Waals surface area (Å²) in [6.45, 7) is 0.227. The number of halogens is 2. The highest BCUT2D eigenvalue weighted by molar-refractivity contribution is 9.10. The lowest BCUT2D eigenvalue weighted by Gasteiger charge is -2.18. The average molecular weight is 333 g/mol. The largest absolute Gasteiger partial charge is 0.488 e. The van der Waals surface area contributed by atoms with Gasteiger partial charge in [-0.3, -0.25) is 4.79 Å². The van der Waals surface area contributed by atoms with Crippen LogP contribution in [0.4, 0.5) is 4.39 Å². The molecule has 0 N–H and O–H groups in total. The highest BCUT2D eigenvalue weighted by Crippen LogP contribution is 2.28. The quantitative estimate of drug-likeness (QED) is 0.730. The molecule has 0 aromatic heterocycles. The first kappa shape index (κ1) is 13.1. The number of hydrogen-bond donors (Lipinski definition) is 0. The number of hydrogen-bond acceptors (Lipinski definition) is 2. The summed E-state index contributed by atoms with van der Waals surface area (Å²) < 4.78 is 19.1. The molecule has 0 unspecified atom stereocenters. The van der Waals surface area contributed by atoms with Crippen molar-refractivity contribution in [3.8, 4) is 5.75 Å². The maximum absolute atomic E-state index is 13.2. The SMILES string of the molecule is O=C1C(=Cc2ccc(F)c(Br)c2)COc2ccccc21. The molecule has 2 aromatic carbocycles. The Labute approximate surface area is 124 Å². The molecule has 0 amide bonds. The fraction of sp³-hybridized carbons (Fsp3) is 0.0625. The van der Waals surface area contributed by atoms with E-state index < -0.39 is 0 Å². The van der Waals surface area contributed by atoms with E-state index in [1.54, 1.807) is 36.4 Å². The first-order valence-corrected chi connectivity index (χ1v) is 6.86. The minimum absolute atomic E-state index is 0.0488. The van der Waals surface area contributed by atoms with E-state index in [0.29, 0.717) is 21.4 Å². The molecule has 1 aliphatic rings. The normalized spacial score (nSPS) is 15.9. The molecule has 2 aromatic rings. The van der Waals surface area contributed by atoms with Gasteiger partial charge in [-0.2, -0.15) is 0 Å². The second kappa shape index (κ2) is 5.21. The highest BCUT2D eigenvalue weighted by Gasteiger charge is 2.22. The molecular weight excluding hydrogens is 323 g/mol. The third-order valence-electron chi connectivity index (χ3n) is 3.09. The van der Waals surface area contributed by atoms with Crippen LogP contribution in [0.5, 0.6) is 5.75 Å². The number of para-hydroxylation sites is 1. The number of Topliss-reactive ketones (excluding diaryl/α,β-unsaturated/α-hetero) is 1. The predicted molar refractivity (Wildman–Crippen MR) is 78.3 cm³/mol. The van der Waals surface area contributed by atoms with E-state index in [0.717, 1.165) is 5.56 Å². The van der Waals surface area contributed by atoms with E-state index in [-0.39, 0.29) is 18.2 Å². The zero-order valence-electron chi connectivity index (χ0n) is 10.4. The summed E-state index contributed by atoms with van der Waals surface area (Å²) in [6.07, 6.45) is 1.72. The van der Waals surface area contributed by atoms with Crippen molar-refractivity contribution in [1.82, 2.24) is 0 Å². The lowest BCUT2D eigenvalue weighted by molar-refractivity contribution is 0.100. The molecule has 0 fully saturated rings. The molecule has 0 spiro atoms. The van der Waals surface area contributed by atoms with Crippen LogP contribution in [0.3, 0.4) is 0 Å². The first-order valence-electron chi connectivity index (χ1n) is 6.07. The third kappa shape index (κ3) is 2.39. The Morgan fingerprint density at radius 2 is 2.00 bits per heavy atom. The number of fused-ring (bicyclic) bond motifs is 1. The summed E-state index contributed by atoms with van der Waals surface area (Å²) in [7, 11) is 0. The second-order valence-electron chi connectivity index (χ2n) is 4.46. The zero-order chi connectivity index (χ0) is 14.1. The van der Waals surface area contributed by atoms with Gasteiger partial charge in [0.15, 0.2) is 5.78 Å². The van der Waals surface area contributed by atoms with Crippen LogP contribution >= 0.6 is 15.9 Å². The molecule has 100 valence electrons. The van der Waals surface area contributed by atoms with Gasteiger partial charge in [0.1, 0.15) is 18.2 Å². The van der Waals surface area contributed by atoms with Crippen LogP contribution < -0.4 is 4.74 Å². The fourth-order valence-electron chi connectivity index (χ4n) is 2.08. The molecule has 1 aliphatic heterocycles. The monoisotopic (exact) mass is 332 g/mol. The maximum atomic E-state index is 13.2. The van der Waals surface area contributed by atoms with Crippen LogP contribution in [0, 0.1) is 5.82 Å². The van der Waals surface area contributed by atoms with Gasteiger partial charge in [0.25, 0.3) is 0 Å². The van der Waals surface area contributed by atoms with Crippen LogP contribution in [0.15, 0.2) is 52.5 Å². The molecule has 20 heavy (non-hydrogen) atoms. The van der Waals surface area contributed by atoms with Crippen LogP contribution in [-0.4, -0.2) is 12.4 Å². The first-order chi connectivity index (χ1) is 9.65. The minimum atomic E-state index is -0.330. The number of ether oxygens (including phenoxy) is 1.